The molecule has 0 bridgehead atoms. The van der Waals surface area contributed by atoms with Crippen molar-refractivity contribution in [3.05, 3.63) is 34.3 Å². The first kappa shape index (κ1) is 16.9. The summed E-state index contributed by atoms with van der Waals surface area (Å²) in [6.45, 7) is 8.23. The van der Waals surface area contributed by atoms with Gasteiger partial charge in [0.2, 0.25) is 0 Å². The molecule has 0 saturated carbocycles. The van der Waals surface area contributed by atoms with Crippen molar-refractivity contribution in [1.29, 1.82) is 0 Å². The van der Waals surface area contributed by atoms with Gasteiger partial charge in [0.1, 0.15) is 0 Å². The molecule has 0 spiro atoms. The summed E-state index contributed by atoms with van der Waals surface area (Å²) < 4.78 is 6.82. The highest BCUT2D eigenvalue weighted by Gasteiger charge is 2.35. The second kappa shape index (κ2) is 8.28. The van der Waals surface area contributed by atoms with E-state index in [1.165, 1.54) is 12.0 Å². The monoisotopic (exact) mass is 354 g/mol. The van der Waals surface area contributed by atoms with Gasteiger partial charge in [-0.3, -0.25) is 0 Å². The molecule has 1 atom stereocenters. The highest BCUT2D eigenvalue weighted by atomic mass is 79.9. The van der Waals surface area contributed by atoms with Gasteiger partial charge in [-0.1, -0.05) is 35.0 Å². The lowest BCUT2D eigenvalue weighted by Crippen LogP contribution is -2.43. The Morgan fingerprint density at radius 3 is 2.71 bits per heavy atom. The van der Waals surface area contributed by atoms with Crippen molar-refractivity contribution in [1.82, 2.24) is 10.2 Å². The van der Waals surface area contributed by atoms with Crippen LogP contribution in [-0.4, -0.2) is 44.8 Å². The molecule has 1 unspecified atom stereocenters. The van der Waals surface area contributed by atoms with Crippen molar-refractivity contribution in [3.8, 4) is 0 Å². The van der Waals surface area contributed by atoms with E-state index >= 15 is 0 Å². The van der Waals surface area contributed by atoms with Gasteiger partial charge in [-0.05, 0) is 44.1 Å². The van der Waals surface area contributed by atoms with E-state index in [4.69, 9.17) is 4.74 Å². The Morgan fingerprint density at radius 1 is 1.33 bits per heavy atom. The van der Waals surface area contributed by atoms with Crippen LogP contribution in [0.3, 0.4) is 0 Å². The quantitative estimate of drug-likeness (QED) is 0.725. The molecule has 1 aromatic carbocycles. The van der Waals surface area contributed by atoms with E-state index in [9.17, 15) is 0 Å². The summed E-state index contributed by atoms with van der Waals surface area (Å²) in [4.78, 5) is 2.42. The highest BCUT2D eigenvalue weighted by Crippen LogP contribution is 2.29. The van der Waals surface area contributed by atoms with Gasteiger partial charge in [0.05, 0.1) is 6.61 Å². The van der Waals surface area contributed by atoms with E-state index in [2.05, 4.69) is 64.4 Å². The molecule has 1 heterocycles. The lowest BCUT2D eigenvalue weighted by molar-refractivity contribution is 0.116. The van der Waals surface area contributed by atoms with Crippen molar-refractivity contribution in [2.24, 2.45) is 5.41 Å². The summed E-state index contributed by atoms with van der Waals surface area (Å²) in [5.74, 6) is 0. The lowest BCUT2D eigenvalue weighted by Gasteiger charge is -2.32. The van der Waals surface area contributed by atoms with Crippen LogP contribution in [0.1, 0.15) is 25.3 Å². The smallest absolute Gasteiger partial charge is 0.0547 e. The lowest BCUT2D eigenvalue weighted by atomic mass is 9.86. The number of hydrogen-bond donors (Lipinski definition) is 1. The Labute approximate surface area is 137 Å². The van der Waals surface area contributed by atoms with Gasteiger partial charge >= 0.3 is 0 Å². The molecule has 21 heavy (non-hydrogen) atoms. The number of nitrogens with zero attached hydrogens (tertiary/aromatic N) is 1. The summed E-state index contributed by atoms with van der Waals surface area (Å²) in [5, 5.41) is 3.58. The number of hydrogen-bond acceptors (Lipinski definition) is 3. The van der Waals surface area contributed by atoms with Crippen LogP contribution in [0, 0.1) is 5.41 Å². The molecular formula is C17H27BrN2O. The van der Waals surface area contributed by atoms with Crippen molar-refractivity contribution >= 4 is 15.9 Å². The minimum absolute atomic E-state index is 0.277. The van der Waals surface area contributed by atoms with Crippen LogP contribution < -0.4 is 5.32 Å². The van der Waals surface area contributed by atoms with Crippen LogP contribution in [0.15, 0.2) is 28.7 Å². The predicted octanol–water partition coefficient (Wildman–Crippen LogP) is 3.29. The second-order valence-electron chi connectivity index (χ2n) is 6.28. The molecule has 4 heteroatoms. The minimum Gasteiger partial charge on any atom is -0.381 e. The van der Waals surface area contributed by atoms with E-state index in [-0.39, 0.29) is 5.41 Å². The SMILES string of the molecule is CCCNCC1(CN(C)Cc2ccc(Br)cc2)CCOC1. The number of nitrogens with one attached hydrogen (secondary N) is 1. The first-order chi connectivity index (χ1) is 10.1. The largest absolute Gasteiger partial charge is 0.381 e. The van der Waals surface area contributed by atoms with Crippen LogP contribution in [0.4, 0.5) is 0 Å². The second-order valence-corrected chi connectivity index (χ2v) is 7.19. The molecule has 0 amide bonds. The van der Waals surface area contributed by atoms with Crippen molar-refractivity contribution in [2.75, 3.05) is 39.9 Å². The molecule has 1 aliphatic heterocycles. The van der Waals surface area contributed by atoms with Crippen LogP contribution in [-0.2, 0) is 11.3 Å². The summed E-state index contributed by atoms with van der Waals surface area (Å²) in [7, 11) is 2.21. The molecule has 118 valence electrons. The molecular weight excluding hydrogens is 328 g/mol. The van der Waals surface area contributed by atoms with E-state index in [1.54, 1.807) is 0 Å². The number of ether oxygens (including phenoxy) is 1. The van der Waals surface area contributed by atoms with Crippen LogP contribution in [0.2, 0.25) is 0 Å². The first-order valence-electron chi connectivity index (χ1n) is 7.85. The zero-order valence-electron chi connectivity index (χ0n) is 13.2. The molecule has 1 saturated heterocycles. The maximum atomic E-state index is 5.69. The maximum Gasteiger partial charge on any atom is 0.0547 e. The van der Waals surface area contributed by atoms with Gasteiger partial charge in [-0.15, -0.1) is 0 Å². The Morgan fingerprint density at radius 2 is 2.10 bits per heavy atom. The zero-order chi connectivity index (χ0) is 15.1. The summed E-state index contributed by atoms with van der Waals surface area (Å²) >= 11 is 3.49. The van der Waals surface area contributed by atoms with Crippen LogP contribution >= 0.6 is 15.9 Å². The van der Waals surface area contributed by atoms with Gasteiger partial charge < -0.3 is 15.0 Å². The van der Waals surface area contributed by atoms with Crippen molar-refractivity contribution in [3.63, 3.8) is 0 Å². The normalized spacial score (nSPS) is 22.1. The highest BCUT2D eigenvalue weighted by molar-refractivity contribution is 9.10. The van der Waals surface area contributed by atoms with Crippen molar-refractivity contribution in [2.45, 2.75) is 26.3 Å². The van der Waals surface area contributed by atoms with Gasteiger partial charge in [0.15, 0.2) is 0 Å². The molecule has 1 aliphatic rings. The Bertz CT molecular complexity index is 415. The predicted molar refractivity (Wildman–Crippen MR) is 91.5 cm³/mol. The third kappa shape index (κ3) is 5.37. The minimum atomic E-state index is 0.277. The maximum absolute atomic E-state index is 5.69. The molecule has 1 N–H and O–H groups in total. The summed E-state index contributed by atoms with van der Waals surface area (Å²) in [6, 6.07) is 8.60. The fraction of sp³-hybridized carbons (Fsp3) is 0.647. The zero-order valence-corrected chi connectivity index (χ0v) is 14.8. The number of halogens is 1. The fourth-order valence-corrected chi connectivity index (χ4v) is 3.29. The van der Waals surface area contributed by atoms with E-state index < -0.39 is 0 Å². The van der Waals surface area contributed by atoms with Crippen molar-refractivity contribution < 1.29 is 4.74 Å². The summed E-state index contributed by atoms with van der Waals surface area (Å²) in [5.41, 5.74) is 1.63. The first-order valence-corrected chi connectivity index (χ1v) is 8.64. The third-order valence-electron chi connectivity index (χ3n) is 4.08. The molecule has 2 rings (SSSR count). The average molecular weight is 355 g/mol. The molecule has 0 aliphatic carbocycles. The molecule has 0 radical (unpaired) electrons. The molecule has 0 aromatic heterocycles. The van der Waals surface area contributed by atoms with Gasteiger partial charge in [-0.2, -0.15) is 0 Å². The van der Waals surface area contributed by atoms with E-state index in [0.29, 0.717) is 0 Å². The topological polar surface area (TPSA) is 24.5 Å². The van der Waals surface area contributed by atoms with Gasteiger partial charge in [-0.25, -0.2) is 0 Å². The van der Waals surface area contributed by atoms with E-state index in [0.717, 1.165) is 50.3 Å². The molecule has 3 nitrogen and oxygen atoms in total. The van der Waals surface area contributed by atoms with Gasteiger partial charge in [0, 0.05) is 36.1 Å². The Kier molecular flexibility index (Phi) is 6.68. The molecule has 1 fully saturated rings. The fourth-order valence-electron chi connectivity index (χ4n) is 3.03. The van der Waals surface area contributed by atoms with Crippen LogP contribution in [0.5, 0.6) is 0 Å². The average Bonchev–Trinajstić information content (AvgIpc) is 2.90. The molecule has 1 aromatic rings. The Balaban J connectivity index is 1.88. The number of benzene rings is 1. The Hall–Kier alpha value is -0.420. The standard InChI is InChI=1S/C17H27BrN2O/c1-3-9-19-12-17(8-10-21-14-17)13-20(2)11-15-4-6-16(18)7-5-15/h4-7,19H,3,8-14H2,1-2H3. The van der Waals surface area contributed by atoms with Gasteiger partial charge in [0.25, 0.3) is 0 Å². The van der Waals surface area contributed by atoms with E-state index in [1.807, 2.05) is 0 Å². The summed E-state index contributed by atoms with van der Waals surface area (Å²) in [6.07, 6.45) is 2.35. The third-order valence-corrected chi connectivity index (χ3v) is 4.61. The number of rotatable bonds is 8. The van der Waals surface area contributed by atoms with Crippen LogP contribution in [0.25, 0.3) is 0 Å².